The van der Waals surface area contributed by atoms with E-state index in [-0.39, 0.29) is 11.6 Å². The van der Waals surface area contributed by atoms with Crippen LogP contribution in [0.25, 0.3) is 0 Å². The SMILES string of the molecule is CC(C)(C)[Si](C)(C)ON1C(=O)OC(CO)C1(c1cccc(F)c1)N1CCC1. The molecule has 0 aliphatic carbocycles. The molecule has 8 heteroatoms. The second-order valence-corrected chi connectivity index (χ2v) is 13.5. The summed E-state index contributed by atoms with van der Waals surface area (Å²) in [6.45, 7) is 11.4. The van der Waals surface area contributed by atoms with Gasteiger partial charge in [-0.05, 0) is 36.7 Å². The topological polar surface area (TPSA) is 62.2 Å². The summed E-state index contributed by atoms with van der Waals surface area (Å²) in [5, 5.41) is 11.2. The van der Waals surface area contributed by atoms with Gasteiger partial charge >= 0.3 is 6.09 Å². The average Bonchev–Trinajstić information content (AvgIpc) is 2.78. The maximum atomic E-state index is 14.1. The first kappa shape index (κ1) is 20.3. The normalized spacial score (nSPS) is 26.9. The van der Waals surface area contributed by atoms with Crippen molar-refractivity contribution in [2.75, 3.05) is 19.7 Å². The van der Waals surface area contributed by atoms with Crippen LogP contribution in [-0.4, -0.2) is 55.3 Å². The fourth-order valence-corrected chi connectivity index (χ4v) is 4.29. The Morgan fingerprint density at radius 3 is 2.52 bits per heavy atom. The van der Waals surface area contributed by atoms with Gasteiger partial charge in [-0.1, -0.05) is 32.9 Å². The maximum Gasteiger partial charge on any atom is 0.435 e. The van der Waals surface area contributed by atoms with Crippen LogP contribution in [0.3, 0.4) is 0 Å². The van der Waals surface area contributed by atoms with Crippen molar-refractivity contribution < 1.29 is 23.6 Å². The molecule has 0 aromatic heterocycles. The van der Waals surface area contributed by atoms with E-state index in [9.17, 15) is 14.3 Å². The third-order valence-corrected chi connectivity index (χ3v) is 10.3. The predicted molar refractivity (Wildman–Crippen MR) is 102 cm³/mol. The van der Waals surface area contributed by atoms with Crippen LogP contribution in [0.5, 0.6) is 0 Å². The van der Waals surface area contributed by atoms with Crippen molar-refractivity contribution >= 4 is 14.4 Å². The van der Waals surface area contributed by atoms with Crippen LogP contribution in [0.2, 0.25) is 18.1 Å². The molecule has 6 nitrogen and oxygen atoms in total. The van der Waals surface area contributed by atoms with Crippen LogP contribution in [0.1, 0.15) is 32.8 Å². The number of carbonyl (C=O) groups is 1. The van der Waals surface area contributed by atoms with E-state index in [2.05, 4.69) is 20.8 Å². The highest BCUT2D eigenvalue weighted by molar-refractivity contribution is 6.74. The third kappa shape index (κ3) is 3.18. The van der Waals surface area contributed by atoms with Gasteiger partial charge in [0, 0.05) is 18.7 Å². The van der Waals surface area contributed by atoms with Gasteiger partial charge in [-0.25, -0.2) is 9.18 Å². The number of carbonyl (C=O) groups excluding carboxylic acids is 1. The lowest BCUT2D eigenvalue weighted by atomic mass is 9.89. The van der Waals surface area contributed by atoms with E-state index >= 15 is 0 Å². The number of nitrogens with zero attached hydrogens (tertiary/aromatic N) is 2. The van der Waals surface area contributed by atoms with Crippen LogP contribution in [0.4, 0.5) is 9.18 Å². The highest BCUT2D eigenvalue weighted by atomic mass is 28.4. The first-order chi connectivity index (χ1) is 12.5. The van der Waals surface area contributed by atoms with Gasteiger partial charge in [0.2, 0.25) is 8.32 Å². The van der Waals surface area contributed by atoms with Gasteiger partial charge in [0.1, 0.15) is 5.82 Å². The number of cyclic esters (lactones) is 1. The van der Waals surface area contributed by atoms with Crippen LogP contribution in [-0.2, 0) is 14.9 Å². The Hall–Kier alpha value is -1.48. The molecule has 2 heterocycles. The summed E-state index contributed by atoms with van der Waals surface area (Å²) in [5.41, 5.74) is -0.632. The molecule has 27 heavy (non-hydrogen) atoms. The predicted octanol–water partition coefficient (Wildman–Crippen LogP) is 3.43. The molecule has 150 valence electrons. The Kier molecular flexibility index (Phi) is 5.13. The zero-order chi connectivity index (χ0) is 20.0. The van der Waals surface area contributed by atoms with E-state index < -0.39 is 32.0 Å². The van der Waals surface area contributed by atoms with Gasteiger partial charge in [0.25, 0.3) is 0 Å². The summed E-state index contributed by atoms with van der Waals surface area (Å²) in [5.74, 6) is -0.407. The molecule has 0 radical (unpaired) electrons. The number of rotatable bonds is 5. The van der Waals surface area contributed by atoms with E-state index in [4.69, 9.17) is 9.26 Å². The van der Waals surface area contributed by atoms with Crippen LogP contribution in [0.15, 0.2) is 24.3 Å². The van der Waals surface area contributed by atoms with Crippen molar-refractivity contribution in [3.63, 3.8) is 0 Å². The largest absolute Gasteiger partial charge is 0.438 e. The highest BCUT2D eigenvalue weighted by Gasteiger charge is 2.63. The van der Waals surface area contributed by atoms with Gasteiger partial charge in [-0.3, -0.25) is 4.90 Å². The minimum Gasteiger partial charge on any atom is -0.438 e. The Bertz CT molecular complexity index is 720. The number of hydrogen-bond donors (Lipinski definition) is 1. The smallest absolute Gasteiger partial charge is 0.435 e. The van der Waals surface area contributed by atoms with Crippen molar-refractivity contribution in [3.8, 4) is 0 Å². The summed E-state index contributed by atoms with van der Waals surface area (Å²) < 4.78 is 26.0. The minimum atomic E-state index is -2.40. The number of hydrogen-bond acceptors (Lipinski definition) is 5. The fourth-order valence-electron chi connectivity index (χ4n) is 3.35. The van der Waals surface area contributed by atoms with Crippen LogP contribution in [0, 0.1) is 5.82 Å². The fraction of sp³-hybridized carbons (Fsp3) is 0.632. The van der Waals surface area contributed by atoms with Crippen molar-refractivity contribution in [2.24, 2.45) is 0 Å². The summed E-state index contributed by atoms with van der Waals surface area (Å²) in [6.07, 6.45) is -0.552. The molecule has 0 saturated carbocycles. The molecule has 1 amide bonds. The van der Waals surface area contributed by atoms with Crippen LogP contribution >= 0.6 is 0 Å². The monoisotopic (exact) mass is 396 g/mol. The van der Waals surface area contributed by atoms with Crippen LogP contribution < -0.4 is 0 Å². The number of halogens is 1. The first-order valence-corrected chi connectivity index (χ1v) is 12.3. The molecule has 3 rings (SSSR count). The highest BCUT2D eigenvalue weighted by Crippen LogP contribution is 2.48. The van der Waals surface area contributed by atoms with Gasteiger partial charge in [0.05, 0.1) is 6.61 Å². The van der Waals surface area contributed by atoms with E-state index in [1.165, 1.54) is 17.2 Å². The lowest BCUT2D eigenvalue weighted by Crippen LogP contribution is -2.67. The molecule has 2 aliphatic heterocycles. The summed E-state index contributed by atoms with van der Waals surface area (Å²) >= 11 is 0. The van der Waals surface area contributed by atoms with Crippen molar-refractivity contribution in [2.45, 2.75) is 57.1 Å². The van der Waals surface area contributed by atoms with Crippen molar-refractivity contribution in [1.29, 1.82) is 0 Å². The Morgan fingerprint density at radius 1 is 1.37 bits per heavy atom. The minimum absolute atomic E-state index is 0.146. The molecule has 2 aliphatic rings. The zero-order valence-electron chi connectivity index (χ0n) is 16.7. The Balaban J connectivity index is 2.15. The number of benzene rings is 1. The number of likely N-dealkylation sites (tertiary alicyclic amines) is 1. The average molecular weight is 397 g/mol. The molecule has 1 N–H and O–H groups in total. The van der Waals surface area contributed by atoms with Crippen molar-refractivity contribution in [3.05, 3.63) is 35.6 Å². The molecule has 2 fully saturated rings. The standard InChI is InChI=1S/C19H29FN2O4Si/c1-18(2,3)27(4,5)26-22-17(24)25-16(13-23)19(22,21-10-7-11-21)14-8-6-9-15(20)12-14/h6,8-9,12,16,23H,7,10-11,13H2,1-5H3. The second-order valence-electron chi connectivity index (χ2n) is 8.78. The Morgan fingerprint density at radius 2 is 2.04 bits per heavy atom. The molecular formula is C19H29FN2O4Si. The summed E-state index contributed by atoms with van der Waals surface area (Å²) in [4.78, 5) is 14.9. The Labute approximate surface area is 160 Å². The molecule has 2 atom stereocenters. The van der Waals surface area contributed by atoms with Gasteiger partial charge in [-0.15, -0.1) is 0 Å². The number of ether oxygens (including phenoxy) is 1. The van der Waals surface area contributed by atoms with E-state index in [1.54, 1.807) is 12.1 Å². The lowest BCUT2D eigenvalue weighted by Gasteiger charge is -2.52. The number of amides is 1. The summed E-state index contributed by atoms with van der Waals surface area (Å²) in [7, 11) is -2.40. The number of aliphatic hydroxyl groups excluding tert-OH is 1. The summed E-state index contributed by atoms with van der Waals surface area (Å²) in [6, 6.07) is 6.12. The quantitative estimate of drug-likeness (QED) is 0.773. The molecule has 0 bridgehead atoms. The first-order valence-electron chi connectivity index (χ1n) is 9.36. The number of hydroxylamine groups is 2. The van der Waals surface area contributed by atoms with Gasteiger partial charge < -0.3 is 14.4 Å². The lowest BCUT2D eigenvalue weighted by molar-refractivity contribution is -0.199. The molecule has 0 spiro atoms. The molecule has 2 unspecified atom stereocenters. The maximum absolute atomic E-state index is 14.1. The van der Waals surface area contributed by atoms with Gasteiger partial charge in [-0.2, -0.15) is 5.06 Å². The molecule has 2 saturated heterocycles. The van der Waals surface area contributed by atoms with Crippen molar-refractivity contribution in [1.82, 2.24) is 9.96 Å². The van der Waals surface area contributed by atoms with E-state index in [0.717, 1.165) is 6.42 Å². The molecule has 1 aromatic carbocycles. The van der Waals surface area contributed by atoms with E-state index in [1.807, 2.05) is 18.0 Å². The molecule has 1 aromatic rings. The molecular weight excluding hydrogens is 367 g/mol. The second kappa shape index (κ2) is 6.84. The van der Waals surface area contributed by atoms with Gasteiger partial charge in [0.15, 0.2) is 11.8 Å². The third-order valence-electron chi connectivity index (χ3n) is 6.05. The number of aliphatic hydroxyl groups is 1. The van der Waals surface area contributed by atoms with E-state index in [0.29, 0.717) is 18.7 Å². The zero-order valence-corrected chi connectivity index (χ0v) is 17.7.